The maximum absolute atomic E-state index is 15.1. The molecule has 9 heteroatoms. The molecule has 2 heterocycles. The van der Waals surface area contributed by atoms with Gasteiger partial charge < -0.3 is 29.7 Å². The summed E-state index contributed by atoms with van der Waals surface area (Å²) in [6.45, 7) is 0.503. The number of amides is 1. The molecule has 1 aliphatic carbocycles. The van der Waals surface area contributed by atoms with Crippen LogP contribution in [0.1, 0.15) is 36.0 Å². The van der Waals surface area contributed by atoms with Crippen LogP contribution in [-0.4, -0.2) is 44.8 Å². The lowest BCUT2D eigenvalue weighted by Crippen LogP contribution is -2.41. The molecule has 2 atom stereocenters. The van der Waals surface area contributed by atoms with Crippen molar-refractivity contribution in [2.75, 3.05) is 27.9 Å². The van der Waals surface area contributed by atoms with E-state index in [2.05, 4.69) is 10.3 Å². The van der Waals surface area contributed by atoms with E-state index in [1.54, 1.807) is 36.5 Å². The SMILES string of the molecule is COc1cc(-c2cc3nccc(-c4cc(C(=O)NCC5CCCCC5N)ccc4F)c3o2)cc(OC)c1OC. The van der Waals surface area contributed by atoms with Crippen LogP contribution in [0.25, 0.3) is 33.6 Å². The number of methoxy groups -OCH3 is 3. The minimum atomic E-state index is -0.473. The fourth-order valence-electron chi connectivity index (χ4n) is 5.20. The third-order valence-corrected chi connectivity index (χ3v) is 7.37. The molecule has 4 aromatic rings. The van der Waals surface area contributed by atoms with Crippen molar-refractivity contribution in [3.8, 4) is 39.7 Å². The lowest BCUT2D eigenvalue weighted by molar-refractivity contribution is 0.0941. The van der Waals surface area contributed by atoms with Gasteiger partial charge in [0.2, 0.25) is 5.75 Å². The van der Waals surface area contributed by atoms with Gasteiger partial charge in [-0.3, -0.25) is 9.78 Å². The topological polar surface area (TPSA) is 109 Å². The Hall–Kier alpha value is -4.11. The number of nitrogens with one attached hydrogen (secondary N) is 1. The summed E-state index contributed by atoms with van der Waals surface area (Å²) in [6.07, 6.45) is 5.80. The predicted molar refractivity (Wildman–Crippen MR) is 147 cm³/mol. The molecule has 0 aliphatic heterocycles. The van der Waals surface area contributed by atoms with Crippen molar-refractivity contribution >= 4 is 17.0 Å². The van der Waals surface area contributed by atoms with Crippen LogP contribution in [0.15, 0.2) is 53.1 Å². The first-order valence-electron chi connectivity index (χ1n) is 13.0. The molecule has 39 heavy (non-hydrogen) atoms. The number of furan rings is 1. The Morgan fingerprint density at radius 3 is 2.46 bits per heavy atom. The first-order chi connectivity index (χ1) is 18.9. The Labute approximate surface area is 226 Å². The zero-order chi connectivity index (χ0) is 27.5. The molecule has 1 amide bonds. The lowest BCUT2D eigenvalue weighted by atomic mass is 9.85. The van der Waals surface area contributed by atoms with Crippen LogP contribution in [-0.2, 0) is 0 Å². The lowest BCUT2D eigenvalue weighted by Gasteiger charge is -2.28. The van der Waals surface area contributed by atoms with Crippen LogP contribution in [0.3, 0.4) is 0 Å². The second kappa shape index (κ2) is 11.3. The monoisotopic (exact) mass is 533 g/mol. The van der Waals surface area contributed by atoms with Gasteiger partial charge in [-0.15, -0.1) is 0 Å². The van der Waals surface area contributed by atoms with Gasteiger partial charge in [0.1, 0.15) is 17.1 Å². The van der Waals surface area contributed by atoms with Crippen LogP contribution in [0, 0.1) is 11.7 Å². The molecule has 1 saturated carbocycles. The first-order valence-corrected chi connectivity index (χ1v) is 13.0. The van der Waals surface area contributed by atoms with Gasteiger partial charge in [-0.25, -0.2) is 4.39 Å². The van der Waals surface area contributed by atoms with Crippen LogP contribution >= 0.6 is 0 Å². The Bertz CT molecular complexity index is 1480. The summed E-state index contributed by atoms with van der Waals surface area (Å²) in [4.78, 5) is 17.4. The Morgan fingerprint density at radius 1 is 1.03 bits per heavy atom. The van der Waals surface area contributed by atoms with Crippen LogP contribution in [0.2, 0.25) is 0 Å². The highest BCUT2D eigenvalue weighted by atomic mass is 19.1. The fourth-order valence-corrected chi connectivity index (χ4v) is 5.20. The van der Waals surface area contributed by atoms with Crippen molar-refractivity contribution < 1.29 is 27.8 Å². The van der Waals surface area contributed by atoms with Gasteiger partial charge in [0, 0.05) is 47.1 Å². The van der Waals surface area contributed by atoms with Crippen molar-refractivity contribution in [2.24, 2.45) is 11.7 Å². The van der Waals surface area contributed by atoms with E-state index in [-0.39, 0.29) is 23.4 Å². The van der Waals surface area contributed by atoms with Crippen molar-refractivity contribution in [2.45, 2.75) is 31.7 Å². The Kier molecular flexibility index (Phi) is 7.70. The predicted octanol–water partition coefficient (Wildman–Crippen LogP) is 5.57. The number of aromatic nitrogens is 1. The summed E-state index contributed by atoms with van der Waals surface area (Å²) in [6, 6.07) is 11.4. The molecule has 1 aliphatic rings. The number of ether oxygens (including phenoxy) is 3. The van der Waals surface area contributed by atoms with Crippen molar-refractivity contribution in [1.82, 2.24) is 10.3 Å². The van der Waals surface area contributed by atoms with E-state index < -0.39 is 5.82 Å². The molecule has 5 rings (SSSR count). The highest BCUT2D eigenvalue weighted by Gasteiger charge is 2.23. The maximum Gasteiger partial charge on any atom is 0.251 e. The standard InChI is InChI=1S/C30H32FN3O5/c1-36-26-13-19(14-27(37-2)29(26)38-3)25-15-24-28(39-25)20(10-11-33-24)21-12-17(8-9-22(21)31)30(35)34-16-18-6-4-5-7-23(18)32/h8-15,18,23H,4-7,16,32H2,1-3H3,(H,34,35). The number of benzene rings is 2. The quantitative estimate of drug-likeness (QED) is 0.305. The third kappa shape index (κ3) is 5.27. The van der Waals surface area contributed by atoms with E-state index in [1.807, 2.05) is 0 Å². The summed E-state index contributed by atoms with van der Waals surface area (Å²) < 4.78 is 37.7. The number of fused-ring (bicyclic) bond motifs is 1. The number of hydrogen-bond acceptors (Lipinski definition) is 7. The fraction of sp³-hybridized carbons (Fsp3) is 0.333. The Balaban J connectivity index is 1.48. The number of pyridine rings is 1. The maximum atomic E-state index is 15.1. The van der Waals surface area contributed by atoms with Gasteiger partial charge in [0.05, 0.1) is 21.3 Å². The van der Waals surface area contributed by atoms with Crippen LogP contribution < -0.4 is 25.3 Å². The highest BCUT2D eigenvalue weighted by Crippen LogP contribution is 2.43. The average molecular weight is 534 g/mol. The van der Waals surface area contributed by atoms with Gasteiger partial charge in [-0.2, -0.15) is 0 Å². The van der Waals surface area contributed by atoms with Gasteiger partial charge >= 0.3 is 0 Å². The number of carbonyl (C=O) groups is 1. The smallest absolute Gasteiger partial charge is 0.251 e. The van der Waals surface area contributed by atoms with Crippen molar-refractivity contribution in [3.63, 3.8) is 0 Å². The second-order valence-corrected chi connectivity index (χ2v) is 9.71. The second-order valence-electron chi connectivity index (χ2n) is 9.71. The van der Waals surface area contributed by atoms with Crippen molar-refractivity contribution in [3.05, 3.63) is 60.0 Å². The van der Waals surface area contributed by atoms with Gasteiger partial charge in [0.25, 0.3) is 5.91 Å². The summed E-state index contributed by atoms with van der Waals surface area (Å²) in [5.41, 5.74) is 8.92. The minimum absolute atomic E-state index is 0.0896. The number of nitrogens with two attached hydrogens (primary N) is 1. The van der Waals surface area contributed by atoms with E-state index in [0.29, 0.717) is 57.3 Å². The number of halogens is 1. The molecule has 0 radical (unpaired) electrons. The average Bonchev–Trinajstić information content (AvgIpc) is 3.41. The van der Waals surface area contributed by atoms with Gasteiger partial charge in [0.15, 0.2) is 17.1 Å². The normalized spacial score (nSPS) is 17.2. The molecule has 8 nitrogen and oxygen atoms in total. The van der Waals surface area contributed by atoms with Gasteiger partial charge in [-0.05, 0) is 55.2 Å². The summed E-state index contributed by atoms with van der Waals surface area (Å²) in [5, 5.41) is 2.98. The zero-order valence-electron chi connectivity index (χ0n) is 22.3. The minimum Gasteiger partial charge on any atom is -0.493 e. The molecular formula is C30H32FN3O5. The first kappa shape index (κ1) is 26.5. The molecule has 2 aromatic carbocycles. The van der Waals surface area contributed by atoms with E-state index in [1.165, 1.54) is 33.5 Å². The van der Waals surface area contributed by atoms with E-state index in [9.17, 15) is 4.79 Å². The number of nitrogens with zero attached hydrogens (tertiary/aromatic N) is 1. The molecular weight excluding hydrogens is 501 g/mol. The molecule has 204 valence electrons. The third-order valence-electron chi connectivity index (χ3n) is 7.37. The molecule has 2 aromatic heterocycles. The molecule has 3 N–H and O–H groups in total. The summed E-state index contributed by atoms with van der Waals surface area (Å²) in [7, 11) is 4.61. The molecule has 0 saturated heterocycles. The van der Waals surface area contributed by atoms with Gasteiger partial charge in [-0.1, -0.05) is 12.8 Å². The number of carbonyl (C=O) groups excluding carboxylic acids is 1. The molecule has 0 bridgehead atoms. The largest absolute Gasteiger partial charge is 0.493 e. The number of rotatable bonds is 8. The van der Waals surface area contributed by atoms with E-state index >= 15 is 4.39 Å². The summed E-state index contributed by atoms with van der Waals surface area (Å²) >= 11 is 0. The van der Waals surface area contributed by atoms with Crippen LogP contribution in [0.5, 0.6) is 17.2 Å². The Morgan fingerprint density at radius 2 is 1.77 bits per heavy atom. The molecule has 1 fully saturated rings. The molecule has 2 unspecified atom stereocenters. The van der Waals surface area contributed by atoms with Crippen LogP contribution in [0.4, 0.5) is 4.39 Å². The van der Waals surface area contributed by atoms with E-state index in [0.717, 1.165) is 25.7 Å². The molecule has 0 spiro atoms. The van der Waals surface area contributed by atoms with E-state index in [4.69, 9.17) is 24.4 Å². The number of hydrogen-bond donors (Lipinski definition) is 2. The summed E-state index contributed by atoms with van der Waals surface area (Å²) in [5.74, 6) is 1.40. The highest BCUT2D eigenvalue weighted by molar-refractivity contribution is 5.98. The van der Waals surface area contributed by atoms with Crippen molar-refractivity contribution in [1.29, 1.82) is 0 Å². The zero-order valence-corrected chi connectivity index (χ0v) is 22.3.